The van der Waals surface area contributed by atoms with Crippen molar-refractivity contribution in [1.82, 2.24) is 0 Å². The number of hydrogen-bond acceptors (Lipinski definition) is 4. The highest BCUT2D eigenvalue weighted by Crippen LogP contribution is 2.18. The number of carboxylic acids is 2. The highest BCUT2D eigenvalue weighted by atomic mass is 16.5. The smallest absolute Gasteiger partial charge is 0.343 e. The van der Waals surface area contributed by atoms with E-state index in [0.29, 0.717) is 0 Å². The first-order valence-corrected chi connectivity index (χ1v) is 3.75. The van der Waals surface area contributed by atoms with Crippen LogP contribution in [0.1, 0.15) is 6.92 Å². The third-order valence-corrected chi connectivity index (χ3v) is 1.73. The number of hydrogen-bond donors (Lipinski definition) is 3. The SMILES string of the molecule is CC=CC(OC)(C(=O)O)C(O)C(=O)O. The van der Waals surface area contributed by atoms with Crippen molar-refractivity contribution in [3.63, 3.8) is 0 Å². The summed E-state index contributed by atoms with van der Waals surface area (Å²) in [7, 11) is 1.01. The zero-order valence-corrected chi connectivity index (χ0v) is 7.80. The number of rotatable bonds is 5. The lowest BCUT2D eigenvalue weighted by molar-refractivity contribution is -0.180. The van der Waals surface area contributed by atoms with Crippen molar-refractivity contribution in [2.75, 3.05) is 7.11 Å². The van der Waals surface area contributed by atoms with Gasteiger partial charge in [-0.1, -0.05) is 6.08 Å². The minimum atomic E-state index is -2.24. The molecule has 6 nitrogen and oxygen atoms in total. The van der Waals surface area contributed by atoms with Gasteiger partial charge in [0.05, 0.1) is 0 Å². The average molecular weight is 204 g/mol. The third kappa shape index (κ3) is 2.09. The van der Waals surface area contributed by atoms with E-state index in [4.69, 9.17) is 10.2 Å². The Morgan fingerprint density at radius 3 is 2.14 bits per heavy atom. The van der Waals surface area contributed by atoms with Crippen LogP contribution in [0.4, 0.5) is 0 Å². The normalized spacial score (nSPS) is 17.6. The van der Waals surface area contributed by atoms with E-state index in [9.17, 15) is 14.7 Å². The molecule has 14 heavy (non-hydrogen) atoms. The largest absolute Gasteiger partial charge is 0.479 e. The van der Waals surface area contributed by atoms with E-state index in [1.165, 1.54) is 13.0 Å². The van der Waals surface area contributed by atoms with Crippen LogP contribution in [-0.2, 0) is 14.3 Å². The first-order chi connectivity index (χ1) is 6.42. The molecule has 0 fully saturated rings. The minimum Gasteiger partial charge on any atom is -0.479 e. The summed E-state index contributed by atoms with van der Waals surface area (Å²) in [5, 5.41) is 26.5. The third-order valence-electron chi connectivity index (χ3n) is 1.73. The predicted octanol–water partition coefficient (Wildman–Crippen LogP) is -0.522. The zero-order valence-electron chi connectivity index (χ0n) is 7.80. The number of aliphatic hydroxyl groups is 1. The summed E-state index contributed by atoms with van der Waals surface area (Å²) >= 11 is 0. The van der Waals surface area contributed by atoms with Gasteiger partial charge in [-0.3, -0.25) is 0 Å². The Morgan fingerprint density at radius 2 is 1.93 bits per heavy atom. The molecule has 2 atom stereocenters. The van der Waals surface area contributed by atoms with E-state index in [2.05, 4.69) is 4.74 Å². The molecule has 0 amide bonds. The topological polar surface area (TPSA) is 104 Å². The van der Waals surface area contributed by atoms with Gasteiger partial charge in [-0.2, -0.15) is 0 Å². The Morgan fingerprint density at radius 1 is 1.43 bits per heavy atom. The maximum Gasteiger partial charge on any atom is 0.343 e. The molecule has 0 radical (unpaired) electrons. The Labute approximate surface area is 80.4 Å². The van der Waals surface area contributed by atoms with Crippen LogP contribution in [0.3, 0.4) is 0 Å². The van der Waals surface area contributed by atoms with Crippen molar-refractivity contribution in [2.24, 2.45) is 0 Å². The number of aliphatic hydroxyl groups excluding tert-OH is 1. The van der Waals surface area contributed by atoms with Gasteiger partial charge in [0.25, 0.3) is 0 Å². The van der Waals surface area contributed by atoms with Gasteiger partial charge in [0.2, 0.25) is 5.60 Å². The maximum atomic E-state index is 10.8. The zero-order chi connectivity index (χ0) is 11.4. The monoisotopic (exact) mass is 204 g/mol. The van der Waals surface area contributed by atoms with Crippen LogP contribution in [-0.4, -0.2) is 46.1 Å². The maximum absolute atomic E-state index is 10.8. The summed E-state index contributed by atoms with van der Waals surface area (Å²) in [6.45, 7) is 1.49. The van der Waals surface area contributed by atoms with Crippen LogP contribution in [0.2, 0.25) is 0 Å². The fourth-order valence-electron chi connectivity index (χ4n) is 0.977. The van der Waals surface area contributed by atoms with Gasteiger partial charge in [-0.15, -0.1) is 0 Å². The standard InChI is InChI=1S/C8H12O6/c1-3-4-8(14-2,7(12)13)5(9)6(10)11/h3-5,9H,1-2H3,(H,10,11)(H,12,13). The second kappa shape index (κ2) is 4.73. The second-order valence-electron chi connectivity index (χ2n) is 2.54. The van der Waals surface area contributed by atoms with Gasteiger partial charge in [0.15, 0.2) is 6.10 Å². The molecule has 6 heteroatoms. The quantitative estimate of drug-likeness (QED) is 0.520. The molecule has 3 N–H and O–H groups in total. The van der Waals surface area contributed by atoms with Crippen molar-refractivity contribution >= 4 is 11.9 Å². The second-order valence-corrected chi connectivity index (χ2v) is 2.54. The lowest BCUT2D eigenvalue weighted by Crippen LogP contribution is -2.53. The molecule has 0 heterocycles. The van der Waals surface area contributed by atoms with E-state index < -0.39 is 23.6 Å². The van der Waals surface area contributed by atoms with Gasteiger partial charge in [0, 0.05) is 7.11 Å². The minimum absolute atomic E-state index is 0.980. The fourth-order valence-corrected chi connectivity index (χ4v) is 0.977. The molecule has 0 aliphatic carbocycles. The van der Waals surface area contributed by atoms with Crippen LogP contribution in [0.15, 0.2) is 12.2 Å². The Kier molecular flexibility index (Phi) is 4.26. The fraction of sp³-hybridized carbons (Fsp3) is 0.500. The van der Waals surface area contributed by atoms with E-state index in [0.717, 1.165) is 13.2 Å². The van der Waals surface area contributed by atoms with E-state index in [1.54, 1.807) is 0 Å². The molecule has 0 rings (SSSR count). The van der Waals surface area contributed by atoms with E-state index in [1.807, 2.05) is 0 Å². The molecule has 0 aliphatic rings. The summed E-state index contributed by atoms with van der Waals surface area (Å²) in [6.07, 6.45) is 0.124. The van der Waals surface area contributed by atoms with Gasteiger partial charge < -0.3 is 20.1 Å². The highest BCUT2D eigenvalue weighted by molar-refractivity contribution is 5.89. The summed E-state index contributed by atoms with van der Waals surface area (Å²) in [6, 6.07) is 0. The molecule has 80 valence electrons. The Bertz CT molecular complexity index is 259. The number of aliphatic carboxylic acids is 2. The average Bonchev–Trinajstić information content (AvgIpc) is 2.12. The number of allylic oxidation sites excluding steroid dienone is 1. The van der Waals surface area contributed by atoms with Crippen LogP contribution in [0.5, 0.6) is 0 Å². The lowest BCUT2D eigenvalue weighted by Gasteiger charge is -2.26. The lowest BCUT2D eigenvalue weighted by atomic mass is 9.96. The van der Waals surface area contributed by atoms with Crippen molar-refractivity contribution in [3.05, 3.63) is 12.2 Å². The molecule has 0 spiro atoms. The Hall–Kier alpha value is -1.40. The molecule has 0 aromatic carbocycles. The predicted molar refractivity (Wildman–Crippen MR) is 45.8 cm³/mol. The van der Waals surface area contributed by atoms with Crippen LogP contribution < -0.4 is 0 Å². The summed E-state index contributed by atoms with van der Waals surface area (Å²) in [5.74, 6) is -3.22. The first-order valence-electron chi connectivity index (χ1n) is 3.75. The van der Waals surface area contributed by atoms with Crippen molar-refractivity contribution in [1.29, 1.82) is 0 Å². The van der Waals surface area contributed by atoms with Crippen molar-refractivity contribution in [3.8, 4) is 0 Å². The van der Waals surface area contributed by atoms with Crippen molar-refractivity contribution < 1.29 is 29.6 Å². The number of methoxy groups -OCH3 is 1. The van der Waals surface area contributed by atoms with Gasteiger partial charge in [-0.25, -0.2) is 9.59 Å². The molecular weight excluding hydrogens is 192 g/mol. The molecule has 0 saturated heterocycles. The number of carbonyl (C=O) groups is 2. The van der Waals surface area contributed by atoms with Crippen LogP contribution in [0, 0.1) is 0 Å². The summed E-state index contributed by atoms with van der Waals surface area (Å²) < 4.78 is 4.55. The molecule has 0 aromatic heterocycles. The first kappa shape index (κ1) is 12.6. The van der Waals surface area contributed by atoms with Crippen LogP contribution in [0.25, 0.3) is 0 Å². The van der Waals surface area contributed by atoms with Crippen molar-refractivity contribution in [2.45, 2.75) is 18.6 Å². The summed E-state index contributed by atoms with van der Waals surface area (Å²) in [4.78, 5) is 21.2. The summed E-state index contributed by atoms with van der Waals surface area (Å²) in [5.41, 5.74) is -2.24. The van der Waals surface area contributed by atoms with Gasteiger partial charge >= 0.3 is 11.9 Å². The molecule has 0 aromatic rings. The number of carboxylic acid groups (broad SMARTS) is 2. The molecular formula is C8H12O6. The molecule has 2 unspecified atom stereocenters. The van der Waals surface area contributed by atoms with E-state index in [-0.39, 0.29) is 0 Å². The van der Waals surface area contributed by atoms with Gasteiger partial charge in [-0.05, 0) is 13.0 Å². The number of ether oxygens (including phenoxy) is 1. The molecule has 0 bridgehead atoms. The highest BCUT2D eigenvalue weighted by Gasteiger charge is 2.47. The molecule has 0 aliphatic heterocycles. The van der Waals surface area contributed by atoms with Crippen LogP contribution >= 0.6 is 0 Å². The molecule has 0 saturated carbocycles. The van der Waals surface area contributed by atoms with E-state index >= 15 is 0 Å². The van der Waals surface area contributed by atoms with Gasteiger partial charge in [0.1, 0.15) is 0 Å². The Balaban J connectivity index is 5.23.